The summed E-state index contributed by atoms with van der Waals surface area (Å²) in [6.45, 7) is 1.89. The van der Waals surface area contributed by atoms with E-state index in [4.69, 9.17) is 19.6 Å². The molecule has 3 N–H and O–H groups in total. The van der Waals surface area contributed by atoms with E-state index < -0.39 is 6.04 Å². The highest BCUT2D eigenvalue weighted by atomic mass is 16.5. The van der Waals surface area contributed by atoms with Gasteiger partial charge in [-0.3, -0.25) is 4.79 Å². The van der Waals surface area contributed by atoms with Gasteiger partial charge in [-0.2, -0.15) is 0 Å². The molecule has 0 spiro atoms. The highest BCUT2D eigenvalue weighted by Crippen LogP contribution is 2.22. The maximum atomic E-state index is 12.4. The first-order valence-corrected chi connectivity index (χ1v) is 8.20. The summed E-state index contributed by atoms with van der Waals surface area (Å²) in [6, 6.07) is 4.86. The monoisotopic (exact) mass is 333 g/mol. The molecule has 1 aromatic carbocycles. The molecule has 3 rings (SSSR count). The van der Waals surface area contributed by atoms with E-state index >= 15 is 0 Å². The van der Waals surface area contributed by atoms with Crippen LogP contribution in [0.5, 0.6) is 0 Å². The fraction of sp³-hybridized carbons (Fsp3) is 0.529. The third kappa shape index (κ3) is 3.92. The van der Waals surface area contributed by atoms with Gasteiger partial charge in [0.15, 0.2) is 11.5 Å². The van der Waals surface area contributed by atoms with E-state index in [2.05, 4.69) is 10.3 Å². The fourth-order valence-corrected chi connectivity index (χ4v) is 2.86. The van der Waals surface area contributed by atoms with Crippen molar-refractivity contribution in [1.29, 1.82) is 0 Å². The molecule has 0 bridgehead atoms. The average molecular weight is 333 g/mol. The predicted octanol–water partition coefficient (Wildman–Crippen LogP) is 1.71. The minimum absolute atomic E-state index is 0.162. The van der Waals surface area contributed by atoms with Crippen molar-refractivity contribution in [3.8, 4) is 0 Å². The summed E-state index contributed by atoms with van der Waals surface area (Å²) in [6.07, 6.45) is 2.25. The smallest absolute Gasteiger partial charge is 0.241 e. The first-order valence-electron chi connectivity index (χ1n) is 8.20. The predicted molar refractivity (Wildman–Crippen MR) is 89.7 cm³/mol. The van der Waals surface area contributed by atoms with E-state index in [0.29, 0.717) is 48.9 Å². The van der Waals surface area contributed by atoms with Gasteiger partial charge in [0.25, 0.3) is 0 Å². The summed E-state index contributed by atoms with van der Waals surface area (Å²) in [5.74, 6) is 0.605. The summed E-state index contributed by atoms with van der Waals surface area (Å²) in [5, 5.41) is 2.87. The van der Waals surface area contributed by atoms with Gasteiger partial charge >= 0.3 is 0 Å². The van der Waals surface area contributed by atoms with Gasteiger partial charge in [-0.05, 0) is 37.0 Å². The van der Waals surface area contributed by atoms with Crippen LogP contribution in [0.15, 0.2) is 22.6 Å². The molecule has 0 aliphatic carbocycles. The number of methoxy groups -OCH3 is 1. The first kappa shape index (κ1) is 16.9. The van der Waals surface area contributed by atoms with Gasteiger partial charge in [-0.15, -0.1) is 0 Å². The van der Waals surface area contributed by atoms with E-state index in [0.717, 1.165) is 12.8 Å². The zero-order valence-electron chi connectivity index (χ0n) is 13.8. The lowest BCUT2D eigenvalue weighted by Crippen LogP contribution is -2.43. The molecule has 130 valence electrons. The SMILES string of the molecule is COCCc1nc2cc(NC(=O)C(N)C3CCOCC3)ccc2o1. The summed E-state index contributed by atoms with van der Waals surface area (Å²) < 4.78 is 16.0. The van der Waals surface area contributed by atoms with Gasteiger partial charge in [0.2, 0.25) is 5.91 Å². The Labute approximate surface area is 140 Å². The molecule has 0 saturated carbocycles. The number of benzene rings is 1. The summed E-state index contributed by atoms with van der Waals surface area (Å²) in [5.41, 5.74) is 8.16. The second kappa shape index (κ2) is 7.74. The minimum Gasteiger partial charge on any atom is -0.441 e. The summed E-state index contributed by atoms with van der Waals surface area (Å²) in [7, 11) is 1.64. The number of nitrogens with two attached hydrogens (primary N) is 1. The second-order valence-electron chi connectivity index (χ2n) is 6.00. The Morgan fingerprint density at radius 3 is 3.00 bits per heavy atom. The van der Waals surface area contributed by atoms with Crippen LogP contribution in [0.4, 0.5) is 5.69 Å². The van der Waals surface area contributed by atoms with Crippen LogP contribution in [0, 0.1) is 5.92 Å². The van der Waals surface area contributed by atoms with Crippen LogP contribution >= 0.6 is 0 Å². The molecule has 2 aromatic rings. The molecule has 1 amide bonds. The van der Waals surface area contributed by atoms with Crippen molar-refractivity contribution in [2.45, 2.75) is 25.3 Å². The Hall–Kier alpha value is -1.96. The minimum atomic E-state index is -0.529. The number of hydrogen-bond acceptors (Lipinski definition) is 6. The summed E-state index contributed by atoms with van der Waals surface area (Å²) >= 11 is 0. The number of aromatic nitrogens is 1. The van der Waals surface area contributed by atoms with Gasteiger partial charge in [0, 0.05) is 32.4 Å². The summed E-state index contributed by atoms with van der Waals surface area (Å²) in [4.78, 5) is 16.8. The standard InChI is InChI=1S/C17H23N3O4/c1-22-7-6-15-20-13-10-12(2-3-14(13)24-15)19-17(21)16(18)11-4-8-23-9-5-11/h2-3,10-11,16H,4-9,18H2,1H3,(H,19,21). The van der Waals surface area contributed by atoms with Crippen LogP contribution in [0.3, 0.4) is 0 Å². The van der Waals surface area contributed by atoms with Crippen LogP contribution in [0.1, 0.15) is 18.7 Å². The second-order valence-corrected chi connectivity index (χ2v) is 6.00. The Morgan fingerprint density at radius 2 is 2.25 bits per heavy atom. The number of carbonyl (C=O) groups excluding carboxylic acids is 1. The molecular weight excluding hydrogens is 310 g/mol. The third-order valence-corrected chi connectivity index (χ3v) is 4.30. The number of nitrogens with zero attached hydrogens (tertiary/aromatic N) is 1. The van der Waals surface area contributed by atoms with Gasteiger partial charge in [0.05, 0.1) is 12.6 Å². The Balaban J connectivity index is 1.66. The highest BCUT2D eigenvalue weighted by molar-refractivity contribution is 5.96. The van der Waals surface area contributed by atoms with Gasteiger partial charge < -0.3 is 24.9 Å². The van der Waals surface area contributed by atoms with Crippen LogP contribution in [0.2, 0.25) is 0 Å². The molecule has 1 atom stereocenters. The fourth-order valence-electron chi connectivity index (χ4n) is 2.86. The van der Waals surface area contributed by atoms with Crippen molar-refractivity contribution in [3.63, 3.8) is 0 Å². The molecule has 1 aliphatic heterocycles. The number of fused-ring (bicyclic) bond motifs is 1. The maximum absolute atomic E-state index is 12.4. The van der Waals surface area contributed by atoms with Crippen LogP contribution in [-0.2, 0) is 20.7 Å². The number of nitrogens with one attached hydrogen (secondary N) is 1. The number of anilines is 1. The highest BCUT2D eigenvalue weighted by Gasteiger charge is 2.26. The molecule has 1 fully saturated rings. The van der Waals surface area contributed by atoms with Crippen molar-refractivity contribution in [1.82, 2.24) is 4.98 Å². The lowest BCUT2D eigenvalue weighted by molar-refractivity contribution is -0.119. The van der Waals surface area contributed by atoms with Gasteiger partial charge in [-0.25, -0.2) is 4.98 Å². The van der Waals surface area contributed by atoms with Crippen molar-refractivity contribution in [2.24, 2.45) is 11.7 Å². The molecular formula is C17H23N3O4. The molecule has 1 aliphatic rings. The number of oxazole rings is 1. The molecule has 1 aromatic heterocycles. The van der Waals surface area contributed by atoms with Crippen molar-refractivity contribution in [2.75, 3.05) is 32.2 Å². The van der Waals surface area contributed by atoms with E-state index in [9.17, 15) is 4.79 Å². The van der Waals surface area contributed by atoms with Crippen LogP contribution in [0.25, 0.3) is 11.1 Å². The Bertz CT molecular complexity index is 694. The van der Waals surface area contributed by atoms with Gasteiger partial charge in [0.1, 0.15) is 5.52 Å². The molecule has 1 unspecified atom stereocenters. The number of carbonyl (C=O) groups is 1. The molecule has 7 heteroatoms. The largest absolute Gasteiger partial charge is 0.441 e. The maximum Gasteiger partial charge on any atom is 0.241 e. The Kier molecular flexibility index (Phi) is 5.44. The van der Waals surface area contributed by atoms with Crippen molar-refractivity contribution >= 4 is 22.7 Å². The molecule has 2 heterocycles. The molecule has 0 radical (unpaired) electrons. The first-order chi connectivity index (χ1) is 11.7. The van der Waals surface area contributed by atoms with E-state index in [1.165, 1.54) is 0 Å². The van der Waals surface area contributed by atoms with Crippen molar-refractivity contribution < 1.29 is 18.7 Å². The molecule has 24 heavy (non-hydrogen) atoms. The molecule has 7 nitrogen and oxygen atoms in total. The number of ether oxygens (including phenoxy) is 2. The van der Waals surface area contributed by atoms with E-state index in [-0.39, 0.29) is 11.8 Å². The van der Waals surface area contributed by atoms with E-state index in [1.54, 1.807) is 25.3 Å². The van der Waals surface area contributed by atoms with Gasteiger partial charge in [-0.1, -0.05) is 0 Å². The molecule has 1 saturated heterocycles. The third-order valence-electron chi connectivity index (χ3n) is 4.30. The number of rotatable bonds is 6. The number of hydrogen-bond donors (Lipinski definition) is 2. The van der Waals surface area contributed by atoms with Crippen molar-refractivity contribution in [3.05, 3.63) is 24.1 Å². The number of amides is 1. The quantitative estimate of drug-likeness (QED) is 0.835. The lowest BCUT2D eigenvalue weighted by atomic mass is 9.92. The van der Waals surface area contributed by atoms with Crippen LogP contribution < -0.4 is 11.1 Å². The zero-order chi connectivity index (χ0) is 16.9. The average Bonchev–Trinajstić information content (AvgIpc) is 3.02. The lowest BCUT2D eigenvalue weighted by Gasteiger charge is -2.26. The normalized spacial score (nSPS) is 17.1. The zero-order valence-corrected chi connectivity index (χ0v) is 13.8. The van der Waals surface area contributed by atoms with E-state index in [1.807, 2.05) is 0 Å². The Morgan fingerprint density at radius 1 is 1.46 bits per heavy atom. The van der Waals surface area contributed by atoms with Crippen LogP contribution in [-0.4, -0.2) is 43.9 Å². The topological polar surface area (TPSA) is 99.6 Å².